The molecule has 5 heteroatoms. The molecule has 1 fully saturated rings. The summed E-state index contributed by atoms with van der Waals surface area (Å²) in [5.41, 5.74) is 1.73. The molecule has 2 aromatic rings. The molecule has 0 bridgehead atoms. The largest absolute Gasteiger partial charge is 0.478 e. The van der Waals surface area contributed by atoms with Crippen molar-refractivity contribution in [2.24, 2.45) is 10.8 Å². The Labute approximate surface area is 111 Å². The number of hydrogen-bond acceptors (Lipinski definition) is 3. The van der Waals surface area contributed by atoms with Crippen LogP contribution in [0.5, 0.6) is 0 Å². The van der Waals surface area contributed by atoms with E-state index in [1.165, 1.54) is 0 Å². The Kier molecular flexibility index (Phi) is 2.14. The number of fused-ring (bicyclic) bond motifs is 1. The fourth-order valence-electron chi connectivity index (χ4n) is 3.10. The first-order chi connectivity index (χ1) is 8.78. The number of carboxylic acid groups (broad SMARTS) is 1. The van der Waals surface area contributed by atoms with Crippen molar-refractivity contribution >= 4 is 17.0 Å². The summed E-state index contributed by atoms with van der Waals surface area (Å²) in [6.07, 6.45) is 0. The molecule has 0 radical (unpaired) electrons. The summed E-state index contributed by atoms with van der Waals surface area (Å²) in [5.74, 6) is -0.966. The van der Waals surface area contributed by atoms with E-state index >= 15 is 0 Å². The number of benzene rings is 1. The van der Waals surface area contributed by atoms with Crippen molar-refractivity contribution in [1.82, 2.24) is 15.0 Å². The SMILES string of the molecule is CC1(C)C(n2nnc3c(C(=O)O)cccc32)C1(C)C. The second-order valence-corrected chi connectivity index (χ2v) is 6.36. The van der Waals surface area contributed by atoms with E-state index in [0.29, 0.717) is 5.52 Å². The van der Waals surface area contributed by atoms with E-state index in [1.807, 2.05) is 10.7 Å². The second kappa shape index (κ2) is 3.35. The molecular weight excluding hydrogens is 242 g/mol. The van der Waals surface area contributed by atoms with Crippen LogP contribution in [-0.4, -0.2) is 26.1 Å². The molecule has 0 aliphatic heterocycles. The molecule has 5 nitrogen and oxygen atoms in total. The van der Waals surface area contributed by atoms with Crippen molar-refractivity contribution < 1.29 is 9.90 Å². The number of nitrogens with zero attached hydrogens (tertiary/aromatic N) is 3. The van der Waals surface area contributed by atoms with Crippen molar-refractivity contribution in [3.8, 4) is 0 Å². The molecule has 19 heavy (non-hydrogen) atoms. The standard InChI is InChI=1S/C14H17N3O2/c1-13(2)12(14(13,3)4)17-9-7-5-6-8(11(18)19)10(9)15-16-17/h5-7,12H,1-4H3,(H,18,19). The van der Waals surface area contributed by atoms with Crippen molar-refractivity contribution in [1.29, 1.82) is 0 Å². The smallest absolute Gasteiger partial charge is 0.338 e. The van der Waals surface area contributed by atoms with Crippen LogP contribution in [-0.2, 0) is 0 Å². The van der Waals surface area contributed by atoms with Gasteiger partial charge >= 0.3 is 5.97 Å². The third kappa shape index (κ3) is 1.38. The fourth-order valence-corrected chi connectivity index (χ4v) is 3.10. The van der Waals surface area contributed by atoms with Crippen LogP contribution in [0.1, 0.15) is 44.1 Å². The highest BCUT2D eigenvalue weighted by Gasteiger charge is 2.67. The lowest BCUT2D eigenvalue weighted by atomic mass is 10.0. The van der Waals surface area contributed by atoms with Gasteiger partial charge in [0.25, 0.3) is 0 Å². The number of aromatic carboxylic acids is 1. The Morgan fingerprint density at radius 2 is 1.89 bits per heavy atom. The highest BCUT2D eigenvalue weighted by Crippen LogP contribution is 2.71. The number of carbonyl (C=O) groups is 1. The molecule has 3 rings (SSSR count). The van der Waals surface area contributed by atoms with E-state index in [1.54, 1.807) is 12.1 Å². The summed E-state index contributed by atoms with van der Waals surface area (Å²) in [6.45, 7) is 8.80. The third-order valence-electron chi connectivity index (χ3n) is 4.92. The van der Waals surface area contributed by atoms with Crippen molar-refractivity contribution in [3.05, 3.63) is 23.8 Å². The predicted octanol–water partition coefficient (Wildman–Crippen LogP) is 2.74. The molecule has 100 valence electrons. The molecule has 0 unspecified atom stereocenters. The van der Waals surface area contributed by atoms with Gasteiger partial charge < -0.3 is 5.11 Å². The molecule has 1 aromatic carbocycles. The average Bonchev–Trinajstić information content (AvgIpc) is 2.65. The zero-order valence-corrected chi connectivity index (χ0v) is 11.5. The van der Waals surface area contributed by atoms with Gasteiger partial charge in [0, 0.05) is 0 Å². The van der Waals surface area contributed by atoms with Crippen LogP contribution in [0, 0.1) is 10.8 Å². The van der Waals surface area contributed by atoms with Crippen molar-refractivity contribution in [2.45, 2.75) is 33.7 Å². The number of carboxylic acids is 1. The summed E-state index contributed by atoms with van der Waals surface area (Å²) in [6, 6.07) is 5.43. The lowest BCUT2D eigenvalue weighted by molar-refractivity contribution is 0.0699. The van der Waals surface area contributed by atoms with E-state index in [9.17, 15) is 9.90 Å². The Balaban J connectivity index is 2.19. The van der Waals surface area contributed by atoms with Gasteiger partial charge in [0.15, 0.2) is 0 Å². The van der Waals surface area contributed by atoms with Gasteiger partial charge in [-0.2, -0.15) is 0 Å². The summed E-state index contributed by atoms with van der Waals surface area (Å²) >= 11 is 0. The lowest BCUT2D eigenvalue weighted by Gasteiger charge is -2.04. The maximum atomic E-state index is 11.2. The Morgan fingerprint density at radius 3 is 2.42 bits per heavy atom. The second-order valence-electron chi connectivity index (χ2n) is 6.36. The molecule has 0 spiro atoms. The highest BCUT2D eigenvalue weighted by molar-refractivity contribution is 6.00. The molecule has 1 saturated carbocycles. The minimum Gasteiger partial charge on any atom is -0.478 e. The maximum absolute atomic E-state index is 11.2. The van der Waals surface area contributed by atoms with Gasteiger partial charge in [0.05, 0.1) is 17.1 Å². The van der Waals surface area contributed by atoms with E-state index in [-0.39, 0.29) is 22.4 Å². The van der Waals surface area contributed by atoms with Crippen LogP contribution in [0.2, 0.25) is 0 Å². The van der Waals surface area contributed by atoms with Crippen molar-refractivity contribution in [2.75, 3.05) is 0 Å². The highest BCUT2D eigenvalue weighted by atomic mass is 16.4. The number of aromatic nitrogens is 3. The topological polar surface area (TPSA) is 68.0 Å². The van der Waals surface area contributed by atoms with E-state index in [4.69, 9.17) is 0 Å². The molecule has 1 N–H and O–H groups in total. The monoisotopic (exact) mass is 259 g/mol. The summed E-state index contributed by atoms with van der Waals surface area (Å²) in [7, 11) is 0. The average molecular weight is 259 g/mol. The van der Waals surface area contributed by atoms with Gasteiger partial charge in [-0.1, -0.05) is 39.0 Å². The van der Waals surface area contributed by atoms with Crippen LogP contribution in [0.25, 0.3) is 11.0 Å². The van der Waals surface area contributed by atoms with Gasteiger partial charge in [0.2, 0.25) is 0 Å². The minimum absolute atomic E-state index is 0.132. The molecule has 1 aliphatic rings. The van der Waals surface area contributed by atoms with Gasteiger partial charge in [0.1, 0.15) is 5.52 Å². The normalized spacial score (nSPS) is 20.6. The molecular formula is C14H17N3O2. The summed E-state index contributed by atoms with van der Waals surface area (Å²) in [4.78, 5) is 11.2. The maximum Gasteiger partial charge on any atom is 0.338 e. The fraction of sp³-hybridized carbons (Fsp3) is 0.500. The number of hydrogen-bond donors (Lipinski definition) is 1. The Hall–Kier alpha value is -1.91. The first kappa shape index (κ1) is 12.1. The van der Waals surface area contributed by atoms with Crippen LogP contribution in [0.4, 0.5) is 0 Å². The summed E-state index contributed by atoms with van der Waals surface area (Å²) in [5, 5.41) is 17.4. The van der Waals surface area contributed by atoms with Gasteiger partial charge in [-0.15, -0.1) is 5.10 Å². The molecule has 0 atom stereocenters. The van der Waals surface area contributed by atoms with Crippen LogP contribution >= 0.6 is 0 Å². The van der Waals surface area contributed by atoms with Gasteiger partial charge in [-0.05, 0) is 23.0 Å². The zero-order chi connectivity index (χ0) is 14.0. The summed E-state index contributed by atoms with van der Waals surface area (Å²) < 4.78 is 1.88. The minimum atomic E-state index is -0.966. The van der Waals surface area contributed by atoms with Crippen LogP contribution < -0.4 is 0 Å². The quantitative estimate of drug-likeness (QED) is 0.900. The van der Waals surface area contributed by atoms with E-state index < -0.39 is 5.97 Å². The lowest BCUT2D eigenvalue weighted by Crippen LogP contribution is -2.03. The van der Waals surface area contributed by atoms with E-state index in [2.05, 4.69) is 38.0 Å². The van der Waals surface area contributed by atoms with Crippen molar-refractivity contribution in [3.63, 3.8) is 0 Å². The van der Waals surface area contributed by atoms with Crippen LogP contribution in [0.15, 0.2) is 18.2 Å². The first-order valence-corrected chi connectivity index (χ1v) is 6.35. The molecule has 1 aromatic heterocycles. The Morgan fingerprint density at radius 1 is 1.26 bits per heavy atom. The number of rotatable bonds is 2. The molecule has 1 aliphatic carbocycles. The van der Waals surface area contributed by atoms with Gasteiger partial charge in [-0.25, -0.2) is 9.48 Å². The predicted molar refractivity (Wildman–Crippen MR) is 71.1 cm³/mol. The molecule has 0 saturated heterocycles. The van der Waals surface area contributed by atoms with Gasteiger partial charge in [-0.3, -0.25) is 0 Å². The Bertz CT molecular complexity index is 671. The first-order valence-electron chi connectivity index (χ1n) is 6.35. The third-order valence-corrected chi connectivity index (χ3v) is 4.92. The molecule has 0 amide bonds. The zero-order valence-electron chi connectivity index (χ0n) is 11.5. The van der Waals surface area contributed by atoms with E-state index in [0.717, 1.165) is 5.52 Å². The van der Waals surface area contributed by atoms with Crippen LogP contribution in [0.3, 0.4) is 0 Å². The molecule has 1 heterocycles.